The Balaban J connectivity index is 1.85. The van der Waals surface area contributed by atoms with Crippen LogP contribution in [0, 0.1) is 0 Å². The van der Waals surface area contributed by atoms with Crippen LogP contribution >= 0.6 is 0 Å². The van der Waals surface area contributed by atoms with Gasteiger partial charge in [0.2, 0.25) is 5.91 Å². The van der Waals surface area contributed by atoms with E-state index in [1.54, 1.807) is 0 Å². The van der Waals surface area contributed by atoms with E-state index in [4.69, 9.17) is 4.74 Å². The molecular weight excluding hydrogens is 232 g/mol. The number of aromatic nitrogens is 3. The van der Waals surface area contributed by atoms with Crippen molar-refractivity contribution in [1.82, 2.24) is 19.9 Å². The predicted octanol–water partition coefficient (Wildman–Crippen LogP) is 0.424. The first kappa shape index (κ1) is 12.5. The zero-order valence-electron chi connectivity index (χ0n) is 10.3. The Morgan fingerprint density at radius 1 is 1.44 bits per heavy atom. The first-order valence-corrected chi connectivity index (χ1v) is 5.94. The fourth-order valence-electron chi connectivity index (χ4n) is 1.62. The molecule has 0 saturated carbocycles. The maximum atomic E-state index is 11.3. The zero-order chi connectivity index (χ0) is 12.8. The molecule has 0 unspecified atom stereocenters. The van der Waals surface area contributed by atoms with Crippen molar-refractivity contribution >= 4 is 11.6 Å². The highest BCUT2D eigenvalue weighted by Crippen LogP contribution is 2.02. The van der Waals surface area contributed by atoms with Crippen LogP contribution < -0.4 is 5.32 Å². The second kappa shape index (κ2) is 6.11. The Kier molecular flexibility index (Phi) is 4.25. The molecular formula is C12H16N4O2. The number of hydrogen-bond acceptors (Lipinski definition) is 4. The fraction of sp³-hybridized carbons (Fsp3) is 0.417. The normalized spacial score (nSPS) is 10.7. The molecule has 0 bridgehead atoms. The van der Waals surface area contributed by atoms with E-state index < -0.39 is 0 Å². The van der Waals surface area contributed by atoms with Gasteiger partial charge >= 0.3 is 0 Å². The summed E-state index contributed by atoms with van der Waals surface area (Å²) in [6.07, 6.45) is 2.55. The van der Waals surface area contributed by atoms with Crippen LogP contribution in [-0.4, -0.2) is 40.3 Å². The second-order valence-corrected chi connectivity index (χ2v) is 3.78. The van der Waals surface area contributed by atoms with Gasteiger partial charge in [0.1, 0.15) is 12.4 Å². The van der Waals surface area contributed by atoms with Gasteiger partial charge in [-0.2, -0.15) is 0 Å². The third kappa shape index (κ3) is 3.04. The minimum absolute atomic E-state index is 0.106. The van der Waals surface area contributed by atoms with Gasteiger partial charge in [0.15, 0.2) is 5.65 Å². The third-order valence-electron chi connectivity index (χ3n) is 2.49. The van der Waals surface area contributed by atoms with Gasteiger partial charge in [-0.15, -0.1) is 10.2 Å². The van der Waals surface area contributed by atoms with Crippen LogP contribution in [0.25, 0.3) is 5.65 Å². The number of rotatable bonds is 6. The Bertz CT molecular complexity index is 524. The van der Waals surface area contributed by atoms with Crippen molar-refractivity contribution in [3.05, 3.63) is 30.2 Å². The van der Waals surface area contributed by atoms with Crippen molar-refractivity contribution in [1.29, 1.82) is 0 Å². The molecule has 0 aliphatic rings. The second-order valence-electron chi connectivity index (χ2n) is 3.78. The fourth-order valence-corrected chi connectivity index (χ4v) is 1.62. The SMILES string of the molecule is CCOCC(=O)NCCc1nnc2ccccn12. The molecule has 2 aromatic heterocycles. The van der Waals surface area contributed by atoms with Gasteiger partial charge in [0.25, 0.3) is 0 Å². The Morgan fingerprint density at radius 3 is 3.17 bits per heavy atom. The Labute approximate surface area is 105 Å². The van der Waals surface area contributed by atoms with Gasteiger partial charge in [-0.1, -0.05) is 6.07 Å². The molecule has 18 heavy (non-hydrogen) atoms. The lowest BCUT2D eigenvalue weighted by Crippen LogP contribution is -2.29. The highest BCUT2D eigenvalue weighted by molar-refractivity contribution is 5.77. The number of pyridine rings is 1. The van der Waals surface area contributed by atoms with Crippen LogP contribution in [-0.2, 0) is 16.0 Å². The van der Waals surface area contributed by atoms with E-state index >= 15 is 0 Å². The molecule has 0 atom stereocenters. The first-order chi connectivity index (χ1) is 8.81. The van der Waals surface area contributed by atoms with Crippen molar-refractivity contribution in [2.24, 2.45) is 0 Å². The predicted molar refractivity (Wildman–Crippen MR) is 66.2 cm³/mol. The largest absolute Gasteiger partial charge is 0.372 e. The van der Waals surface area contributed by atoms with E-state index in [9.17, 15) is 4.79 Å². The number of carbonyl (C=O) groups excluding carboxylic acids is 1. The van der Waals surface area contributed by atoms with E-state index in [0.29, 0.717) is 19.6 Å². The lowest BCUT2D eigenvalue weighted by molar-refractivity contribution is -0.125. The smallest absolute Gasteiger partial charge is 0.246 e. The topological polar surface area (TPSA) is 68.5 Å². The van der Waals surface area contributed by atoms with Crippen molar-refractivity contribution in [3.63, 3.8) is 0 Å². The van der Waals surface area contributed by atoms with Crippen molar-refractivity contribution in [2.75, 3.05) is 19.8 Å². The minimum Gasteiger partial charge on any atom is -0.372 e. The molecule has 0 spiro atoms. The molecule has 0 aromatic carbocycles. The highest BCUT2D eigenvalue weighted by Gasteiger charge is 2.05. The number of fused-ring (bicyclic) bond motifs is 1. The third-order valence-corrected chi connectivity index (χ3v) is 2.49. The molecule has 0 radical (unpaired) electrons. The quantitative estimate of drug-likeness (QED) is 0.804. The van der Waals surface area contributed by atoms with Gasteiger partial charge in [0.05, 0.1) is 0 Å². The lowest BCUT2D eigenvalue weighted by atomic mass is 10.4. The Morgan fingerprint density at radius 2 is 2.33 bits per heavy atom. The summed E-state index contributed by atoms with van der Waals surface area (Å²) in [5.74, 6) is 0.730. The van der Waals surface area contributed by atoms with Crippen molar-refractivity contribution < 1.29 is 9.53 Å². The van der Waals surface area contributed by atoms with Crippen LogP contribution in [0.15, 0.2) is 24.4 Å². The molecule has 0 aliphatic carbocycles. The molecule has 0 saturated heterocycles. The monoisotopic (exact) mass is 248 g/mol. The Hall–Kier alpha value is -1.95. The maximum Gasteiger partial charge on any atom is 0.246 e. The van der Waals surface area contributed by atoms with Gasteiger partial charge in [0, 0.05) is 25.8 Å². The van der Waals surface area contributed by atoms with Crippen LogP contribution in [0.3, 0.4) is 0 Å². The summed E-state index contributed by atoms with van der Waals surface area (Å²) in [5.41, 5.74) is 0.813. The highest BCUT2D eigenvalue weighted by atomic mass is 16.5. The maximum absolute atomic E-state index is 11.3. The van der Waals surface area contributed by atoms with E-state index in [2.05, 4.69) is 15.5 Å². The number of carbonyl (C=O) groups is 1. The number of nitrogens with zero attached hydrogens (tertiary/aromatic N) is 3. The van der Waals surface area contributed by atoms with Gasteiger partial charge in [-0.3, -0.25) is 9.20 Å². The average Bonchev–Trinajstić information content (AvgIpc) is 2.80. The van der Waals surface area contributed by atoms with E-state index in [1.165, 1.54) is 0 Å². The summed E-state index contributed by atoms with van der Waals surface area (Å²) >= 11 is 0. The average molecular weight is 248 g/mol. The van der Waals surface area contributed by atoms with E-state index in [0.717, 1.165) is 11.5 Å². The summed E-state index contributed by atoms with van der Waals surface area (Å²) in [5, 5.41) is 10.9. The molecule has 0 fully saturated rings. The standard InChI is InChI=1S/C12H16N4O2/c1-2-18-9-12(17)13-7-6-11-15-14-10-5-3-4-8-16(10)11/h3-5,8H,2,6-7,9H2,1H3,(H,13,17). The summed E-state index contributed by atoms with van der Waals surface area (Å²) in [4.78, 5) is 11.3. The molecule has 1 N–H and O–H groups in total. The summed E-state index contributed by atoms with van der Waals surface area (Å²) in [6, 6.07) is 5.73. The summed E-state index contributed by atoms with van der Waals surface area (Å²) in [7, 11) is 0. The van der Waals surface area contributed by atoms with Crippen LogP contribution in [0.1, 0.15) is 12.7 Å². The molecule has 2 heterocycles. The molecule has 2 rings (SSSR count). The van der Waals surface area contributed by atoms with Crippen molar-refractivity contribution in [3.8, 4) is 0 Å². The molecule has 6 nitrogen and oxygen atoms in total. The first-order valence-electron chi connectivity index (χ1n) is 5.94. The summed E-state index contributed by atoms with van der Waals surface area (Å²) < 4.78 is 6.92. The minimum atomic E-state index is -0.106. The molecule has 0 aliphatic heterocycles. The number of nitrogens with one attached hydrogen (secondary N) is 1. The van der Waals surface area contributed by atoms with Gasteiger partial charge < -0.3 is 10.1 Å². The van der Waals surface area contributed by atoms with Gasteiger partial charge in [-0.25, -0.2) is 0 Å². The molecule has 96 valence electrons. The molecule has 1 amide bonds. The molecule has 2 aromatic rings. The number of ether oxygens (including phenoxy) is 1. The van der Waals surface area contributed by atoms with Crippen LogP contribution in [0.2, 0.25) is 0 Å². The molecule has 6 heteroatoms. The van der Waals surface area contributed by atoms with Crippen molar-refractivity contribution in [2.45, 2.75) is 13.3 Å². The van der Waals surface area contributed by atoms with E-state index in [-0.39, 0.29) is 12.5 Å². The summed E-state index contributed by atoms with van der Waals surface area (Å²) in [6.45, 7) is 3.04. The van der Waals surface area contributed by atoms with Crippen LogP contribution in [0.5, 0.6) is 0 Å². The van der Waals surface area contributed by atoms with E-state index in [1.807, 2.05) is 35.7 Å². The number of amides is 1. The zero-order valence-corrected chi connectivity index (χ0v) is 10.3. The van der Waals surface area contributed by atoms with Crippen LogP contribution in [0.4, 0.5) is 0 Å². The number of hydrogen-bond donors (Lipinski definition) is 1. The lowest BCUT2D eigenvalue weighted by Gasteiger charge is -2.04. The van der Waals surface area contributed by atoms with Gasteiger partial charge in [-0.05, 0) is 19.1 Å².